The van der Waals surface area contributed by atoms with Crippen LogP contribution < -0.4 is 20.1 Å². The molecule has 3 rings (SSSR count). The molecule has 0 spiro atoms. The number of hydrogen-bond donors (Lipinski definition) is 2. The van der Waals surface area contributed by atoms with Crippen molar-refractivity contribution in [1.82, 2.24) is 15.6 Å². The summed E-state index contributed by atoms with van der Waals surface area (Å²) in [5.74, 6) is 2.77. The predicted octanol–water partition coefficient (Wildman–Crippen LogP) is 3.49. The Balaban J connectivity index is 1.61. The fraction of sp³-hybridized carbons (Fsp3) is 0.400. The van der Waals surface area contributed by atoms with Gasteiger partial charge >= 0.3 is 0 Å². The first-order chi connectivity index (χ1) is 12.8. The van der Waals surface area contributed by atoms with Gasteiger partial charge in [-0.15, -0.1) is 0 Å². The molecule has 0 aliphatic heterocycles. The Hall–Kier alpha value is -2.76. The maximum Gasteiger partial charge on any atom is 0.219 e. The van der Waals surface area contributed by atoms with Crippen LogP contribution in [0.1, 0.15) is 32.3 Å². The summed E-state index contributed by atoms with van der Waals surface area (Å²) >= 11 is 0. The summed E-state index contributed by atoms with van der Waals surface area (Å²) < 4.78 is 11.4. The molecule has 1 saturated carbocycles. The molecule has 0 atom stereocenters. The Kier molecular flexibility index (Phi) is 6.30. The number of para-hydroxylation sites is 2. The van der Waals surface area contributed by atoms with Crippen LogP contribution in [-0.2, 0) is 6.54 Å². The zero-order valence-corrected chi connectivity index (χ0v) is 15.4. The number of guanidine groups is 1. The number of aromatic nitrogens is 1. The molecule has 1 fully saturated rings. The molecule has 6 heteroatoms. The van der Waals surface area contributed by atoms with E-state index >= 15 is 0 Å². The van der Waals surface area contributed by atoms with E-state index in [-0.39, 0.29) is 0 Å². The summed E-state index contributed by atoms with van der Waals surface area (Å²) in [6, 6.07) is 12.0. The van der Waals surface area contributed by atoms with E-state index in [1.165, 1.54) is 12.8 Å². The van der Waals surface area contributed by atoms with Crippen molar-refractivity contribution in [2.45, 2.75) is 39.3 Å². The first kappa shape index (κ1) is 18.0. The van der Waals surface area contributed by atoms with Crippen molar-refractivity contribution in [3.05, 3.63) is 48.2 Å². The van der Waals surface area contributed by atoms with Crippen LogP contribution >= 0.6 is 0 Å². The molecule has 0 radical (unpaired) electrons. The third-order valence-corrected chi connectivity index (χ3v) is 3.84. The zero-order valence-electron chi connectivity index (χ0n) is 15.4. The highest BCUT2D eigenvalue weighted by molar-refractivity contribution is 5.80. The van der Waals surface area contributed by atoms with Gasteiger partial charge in [0.25, 0.3) is 0 Å². The van der Waals surface area contributed by atoms with E-state index in [1.54, 1.807) is 6.20 Å². The van der Waals surface area contributed by atoms with Gasteiger partial charge in [0.2, 0.25) is 5.88 Å². The van der Waals surface area contributed by atoms with Crippen LogP contribution in [-0.4, -0.2) is 30.1 Å². The van der Waals surface area contributed by atoms with Crippen LogP contribution in [0.25, 0.3) is 0 Å². The number of benzene rings is 1. The average molecular weight is 354 g/mol. The maximum atomic E-state index is 5.85. The fourth-order valence-electron chi connectivity index (χ4n) is 2.40. The number of pyridine rings is 1. The SMILES string of the molecule is CCNC(=NCc1ccc(Oc2ccccc2OCC)nc1)NC1CC1. The summed E-state index contributed by atoms with van der Waals surface area (Å²) in [5.41, 5.74) is 1.03. The number of nitrogens with zero attached hydrogens (tertiary/aromatic N) is 2. The molecule has 2 N–H and O–H groups in total. The summed E-state index contributed by atoms with van der Waals surface area (Å²) in [5, 5.41) is 6.67. The highest BCUT2D eigenvalue weighted by Crippen LogP contribution is 2.30. The van der Waals surface area contributed by atoms with E-state index in [0.29, 0.717) is 36.6 Å². The Labute approximate surface area is 154 Å². The molecule has 0 amide bonds. The van der Waals surface area contributed by atoms with Gasteiger partial charge in [0.05, 0.1) is 13.2 Å². The van der Waals surface area contributed by atoms with Crippen molar-refractivity contribution in [3.8, 4) is 17.4 Å². The maximum absolute atomic E-state index is 5.85. The highest BCUT2D eigenvalue weighted by Gasteiger charge is 2.22. The molecule has 0 bridgehead atoms. The van der Waals surface area contributed by atoms with Crippen LogP contribution in [0.3, 0.4) is 0 Å². The van der Waals surface area contributed by atoms with Gasteiger partial charge in [-0.3, -0.25) is 0 Å². The second-order valence-electron chi connectivity index (χ2n) is 6.10. The van der Waals surface area contributed by atoms with Gasteiger partial charge < -0.3 is 20.1 Å². The number of hydrogen-bond acceptors (Lipinski definition) is 4. The second kappa shape index (κ2) is 9.08. The van der Waals surface area contributed by atoms with E-state index in [9.17, 15) is 0 Å². The minimum absolute atomic E-state index is 0.535. The number of aliphatic imine (C=N–C) groups is 1. The number of rotatable bonds is 8. The molecule has 1 aliphatic rings. The van der Waals surface area contributed by atoms with Gasteiger partial charge in [0, 0.05) is 24.8 Å². The molecular weight excluding hydrogens is 328 g/mol. The van der Waals surface area contributed by atoms with Crippen LogP contribution in [0, 0.1) is 0 Å². The topological polar surface area (TPSA) is 67.8 Å². The summed E-state index contributed by atoms with van der Waals surface area (Å²) in [4.78, 5) is 8.99. The van der Waals surface area contributed by atoms with Crippen molar-refractivity contribution in [1.29, 1.82) is 0 Å². The Morgan fingerprint density at radius 3 is 2.62 bits per heavy atom. The first-order valence-electron chi connectivity index (χ1n) is 9.18. The lowest BCUT2D eigenvalue weighted by molar-refractivity contribution is 0.319. The van der Waals surface area contributed by atoms with E-state index < -0.39 is 0 Å². The third kappa shape index (κ3) is 5.37. The molecular formula is C20H26N4O2. The molecule has 1 aliphatic carbocycles. The summed E-state index contributed by atoms with van der Waals surface area (Å²) in [6.45, 7) is 6.03. The zero-order chi connectivity index (χ0) is 18.2. The standard InChI is InChI=1S/C20H26N4O2/c1-3-21-20(24-16-10-11-16)23-14-15-9-12-19(22-13-15)26-18-8-6-5-7-17(18)25-4-2/h5-9,12-13,16H,3-4,10-11,14H2,1-2H3,(H2,21,23,24). The van der Waals surface area contributed by atoms with Crippen LogP contribution in [0.2, 0.25) is 0 Å². The largest absolute Gasteiger partial charge is 0.490 e. The van der Waals surface area contributed by atoms with Gasteiger partial charge in [-0.1, -0.05) is 18.2 Å². The van der Waals surface area contributed by atoms with Crippen molar-refractivity contribution in [2.75, 3.05) is 13.2 Å². The molecule has 26 heavy (non-hydrogen) atoms. The van der Waals surface area contributed by atoms with Crippen molar-refractivity contribution in [2.24, 2.45) is 4.99 Å². The molecule has 1 aromatic heterocycles. The summed E-state index contributed by atoms with van der Waals surface area (Å²) in [6.07, 6.45) is 4.24. The van der Waals surface area contributed by atoms with Gasteiger partial charge in [0.15, 0.2) is 17.5 Å². The molecule has 1 heterocycles. The highest BCUT2D eigenvalue weighted by atomic mass is 16.5. The molecule has 6 nitrogen and oxygen atoms in total. The van der Waals surface area contributed by atoms with Gasteiger partial charge in [-0.25, -0.2) is 9.98 Å². The minimum Gasteiger partial charge on any atom is -0.490 e. The molecule has 0 saturated heterocycles. The molecule has 0 unspecified atom stereocenters. The van der Waals surface area contributed by atoms with Gasteiger partial charge in [0.1, 0.15) is 0 Å². The average Bonchev–Trinajstić information content (AvgIpc) is 3.47. The molecule has 1 aromatic carbocycles. The van der Waals surface area contributed by atoms with E-state index in [2.05, 4.69) is 27.5 Å². The van der Waals surface area contributed by atoms with Crippen LogP contribution in [0.4, 0.5) is 0 Å². The lowest BCUT2D eigenvalue weighted by Gasteiger charge is -2.11. The van der Waals surface area contributed by atoms with Crippen molar-refractivity contribution >= 4 is 5.96 Å². The van der Waals surface area contributed by atoms with Crippen molar-refractivity contribution < 1.29 is 9.47 Å². The second-order valence-corrected chi connectivity index (χ2v) is 6.10. The Bertz CT molecular complexity index is 727. The normalized spacial score (nSPS) is 14.0. The van der Waals surface area contributed by atoms with E-state index in [4.69, 9.17) is 9.47 Å². The molecule has 2 aromatic rings. The third-order valence-electron chi connectivity index (χ3n) is 3.84. The van der Waals surface area contributed by atoms with Crippen LogP contribution in [0.5, 0.6) is 17.4 Å². The lowest BCUT2D eigenvalue weighted by Crippen LogP contribution is -2.38. The van der Waals surface area contributed by atoms with E-state index in [1.807, 2.05) is 43.3 Å². The Morgan fingerprint density at radius 2 is 1.96 bits per heavy atom. The van der Waals surface area contributed by atoms with Gasteiger partial charge in [-0.2, -0.15) is 0 Å². The first-order valence-corrected chi connectivity index (χ1v) is 9.18. The monoisotopic (exact) mass is 354 g/mol. The minimum atomic E-state index is 0.535. The Morgan fingerprint density at radius 1 is 1.15 bits per heavy atom. The summed E-state index contributed by atoms with van der Waals surface area (Å²) in [7, 11) is 0. The van der Waals surface area contributed by atoms with E-state index in [0.717, 1.165) is 18.1 Å². The fourth-order valence-corrected chi connectivity index (χ4v) is 2.40. The lowest BCUT2D eigenvalue weighted by atomic mass is 10.3. The number of nitrogens with one attached hydrogen (secondary N) is 2. The van der Waals surface area contributed by atoms with Crippen molar-refractivity contribution in [3.63, 3.8) is 0 Å². The molecule has 138 valence electrons. The quantitative estimate of drug-likeness (QED) is 0.561. The van der Waals surface area contributed by atoms with Crippen LogP contribution in [0.15, 0.2) is 47.6 Å². The number of ether oxygens (including phenoxy) is 2. The predicted molar refractivity (Wildman–Crippen MR) is 103 cm³/mol. The van der Waals surface area contributed by atoms with Gasteiger partial charge in [-0.05, 0) is 44.4 Å². The smallest absolute Gasteiger partial charge is 0.219 e.